The first-order chi connectivity index (χ1) is 11.8. The molecule has 0 aromatic heterocycles. The number of nitrogens with zero attached hydrogens (tertiary/aromatic N) is 2. The molecule has 1 heterocycles. The Morgan fingerprint density at radius 2 is 1.84 bits per heavy atom. The SMILES string of the molecule is CC(C)(C)OC(=O)NCC1CCN(C(=O)c2ccc(C#N)cc2)CC1. The molecule has 0 radical (unpaired) electrons. The molecule has 6 heteroatoms. The molecule has 0 bridgehead atoms. The van der Waals surface area contributed by atoms with E-state index in [0.29, 0.717) is 36.7 Å². The first kappa shape index (κ1) is 18.8. The van der Waals surface area contributed by atoms with Crippen molar-refractivity contribution in [2.24, 2.45) is 5.92 Å². The van der Waals surface area contributed by atoms with E-state index in [1.807, 2.05) is 31.7 Å². The minimum Gasteiger partial charge on any atom is -0.444 e. The Balaban J connectivity index is 1.78. The highest BCUT2D eigenvalue weighted by atomic mass is 16.6. The molecule has 1 aromatic rings. The summed E-state index contributed by atoms with van der Waals surface area (Å²) in [5.41, 5.74) is 0.647. The molecule has 25 heavy (non-hydrogen) atoms. The molecule has 0 aliphatic carbocycles. The van der Waals surface area contributed by atoms with Gasteiger partial charge in [0.25, 0.3) is 5.91 Å². The summed E-state index contributed by atoms with van der Waals surface area (Å²) in [6.45, 7) is 7.40. The van der Waals surface area contributed by atoms with Gasteiger partial charge in [-0.25, -0.2) is 4.79 Å². The summed E-state index contributed by atoms with van der Waals surface area (Å²) in [6.07, 6.45) is 1.29. The number of ether oxygens (including phenoxy) is 1. The van der Waals surface area contributed by atoms with E-state index in [9.17, 15) is 9.59 Å². The third kappa shape index (κ3) is 5.79. The van der Waals surface area contributed by atoms with Gasteiger partial charge in [-0.1, -0.05) is 0 Å². The lowest BCUT2D eigenvalue weighted by Crippen LogP contribution is -2.42. The highest BCUT2D eigenvalue weighted by Crippen LogP contribution is 2.19. The Kier molecular flexibility index (Phi) is 6.02. The number of benzene rings is 1. The number of carbonyl (C=O) groups is 2. The third-order valence-corrected chi connectivity index (χ3v) is 4.10. The van der Waals surface area contributed by atoms with E-state index in [1.165, 1.54) is 0 Å². The average Bonchev–Trinajstić information content (AvgIpc) is 2.58. The Bertz CT molecular complexity index is 648. The van der Waals surface area contributed by atoms with Gasteiger partial charge in [0, 0.05) is 25.2 Å². The van der Waals surface area contributed by atoms with Crippen LogP contribution >= 0.6 is 0 Å². The van der Waals surface area contributed by atoms with Crippen LogP contribution in [0.2, 0.25) is 0 Å². The molecule has 0 spiro atoms. The lowest BCUT2D eigenvalue weighted by molar-refractivity contribution is 0.0500. The zero-order valence-electron chi connectivity index (χ0n) is 15.0. The summed E-state index contributed by atoms with van der Waals surface area (Å²) in [7, 11) is 0. The van der Waals surface area contributed by atoms with Gasteiger partial charge >= 0.3 is 6.09 Å². The first-order valence-corrected chi connectivity index (χ1v) is 8.55. The molecule has 134 valence electrons. The van der Waals surface area contributed by atoms with Crippen LogP contribution in [0.25, 0.3) is 0 Å². The van der Waals surface area contributed by atoms with Crippen molar-refractivity contribution in [1.29, 1.82) is 5.26 Å². The van der Waals surface area contributed by atoms with Gasteiger partial charge in [-0.05, 0) is 63.8 Å². The number of hydrogen-bond donors (Lipinski definition) is 1. The minimum absolute atomic E-state index is 0.0111. The predicted molar refractivity (Wildman–Crippen MR) is 94.0 cm³/mol. The number of carbonyl (C=O) groups excluding carboxylic acids is 2. The number of piperidine rings is 1. The summed E-state index contributed by atoms with van der Waals surface area (Å²) in [4.78, 5) is 26.0. The molecule has 2 rings (SSSR count). The maximum Gasteiger partial charge on any atom is 0.407 e. The van der Waals surface area contributed by atoms with Crippen molar-refractivity contribution >= 4 is 12.0 Å². The molecule has 1 aromatic carbocycles. The van der Waals surface area contributed by atoms with Gasteiger partial charge < -0.3 is 15.0 Å². The molecule has 0 atom stereocenters. The highest BCUT2D eigenvalue weighted by molar-refractivity contribution is 5.94. The van der Waals surface area contributed by atoms with Crippen molar-refractivity contribution in [3.8, 4) is 6.07 Å². The van der Waals surface area contributed by atoms with Crippen LogP contribution in [0, 0.1) is 17.2 Å². The van der Waals surface area contributed by atoms with E-state index >= 15 is 0 Å². The number of nitrogens with one attached hydrogen (secondary N) is 1. The van der Waals surface area contributed by atoms with Crippen molar-refractivity contribution in [3.05, 3.63) is 35.4 Å². The normalized spacial score (nSPS) is 15.4. The van der Waals surface area contributed by atoms with Crippen LogP contribution in [-0.2, 0) is 4.74 Å². The third-order valence-electron chi connectivity index (χ3n) is 4.10. The van der Waals surface area contributed by atoms with Crippen LogP contribution < -0.4 is 5.32 Å². The maximum absolute atomic E-state index is 12.5. The van der Waals surface area contributed by atoms with Crippen molar-refractivity contribution in [2.75, 3.05) is 19.6 Å². The van der Waals surface area contributed by atoms with Crippen LogP contribution in [0.3, 0.4) is 0 Å². The largest absolute Gasteiger partial charge is 0.444 e. The second-order valence-electron chi connectivity index (χ2n) is 7.31. The van der Waals surface area contributed by atoms with E-state index < -0.39 is 11.7 Å². The quantitative estimate of drug-likeness (QED) is 0.915. The summed E-state index contributed by atoms with van der Waals surface area (Å²) in [6, 6.07) is 8.74. The molecule has 2 amide bonds. The molecule has 1 N–H and O–H groups in total. The maximum atomic E-state index is 12.5. The fraction of sp³-hybridized carbons (Fsp3) is 0.526. The smallest absolute Gasteiger partial charge is 0.407 e. The second-order valence-corrected chi connectivity index (χ2v) is 7.31. The van der Waals surface area contributed by atoms with Gasteiger partial charge in [-0.3, -0.25) is 4.79 Å². The predicted octanol–water partition coefficient (Wildman–Crippen LogP) is 2.94. The monoisotopic (exact) mass is 343 g/mol. The molecule has 1 aliphatic rings. The Hall–Kier alpha value is -2.55. The number of hydrogen-bond acceptors (Lipinski definition) is 4. The summed E-state index contributed by atoms with van der Waals surface area (Å²) in [5.74, 6) is 0.334. The van der Waals surface area contributed by atoms with Crippen LogP contribution in [0.4, 0.5) is 4.79 Å². The van der Waals surface area contributed by atoms with Crippen molar-refractivity contribution in [3.63, 3.8) is 0 Å². The second kappa shape index (κ2) is 8.02. The zero-order chi connectivity index (χ0) is 18.4. The van der Waals surface area contributed by atoms with Crippen molar-refractivity contribution in [1.82, 2.24) is 10.2 Å². The Morgan fingerprint density at radius 1 is 1.24 bits per heavy atom. The van der Waals surface area contributed by atoms with E-state index in [1.54, 1.807) is 24.3 Å². The fourth-order valence-corrected chi connectivity index (χ4v) is 2.75. The van der Waals surface area contributed by atoms with Crippen LogP contribution in [0.15, 0.2) is 24.3 Å². The standard InChI is InChI=1S/C19H25N3O3/c1-19(2,3)25-18(24)21-13-15-8-10-22(11-9-15)17(23)16-6-4-14(12-20)5-7-16/h4-7,15H,8-11,13H2,1-3H3,(H,21,24). The van der Waals surface area contributed by atoms with E-state index in [2.05, 4.69) is 5.32 Å². The first-order valence-electron chi connectivity index (χ1n) is 8.55. The van der Waals surface area contributed by atoms with E-state index in [-0.39, 0.29) is 5.91 Å². The van der Waals surface area contributed by atoms with Gasteiger partial charge in [0.15, 0.2) is 0 Å². The number of nitriles is 1. The molecular weight excluding hydrogens is 318 g/mol. The Morgan fingerprint density at radius 3 is 2.36 bits per heavy atom. The Labute approximate surface area is 148 Å². The molecule has 0 unspecified atom stereocenters. The van der Waals surface area contributed by atoms with Gasteiger partial charge in [0.1, 0.15) is 5.60 Å². The van der Waals surface area contributed by atoms with Gasteiger partial charge in [0.2, 0.25) is 0 Å². The number of rotatable bonds is 3. The lowest BCUT2D eigenvalue weighted by atomic mass is 9.96. The zero-order valence-corrected chi connectivity index (χ0v) is 15.0. The van der Waals surface area contributed by atoms with Crippen LogP contribution in [0.5, 0.6) is 0 Å². The molecule has 0 saturated carbocycles. The van der Waals surface area contributed by atoms with Crippen LogP contribution in [0.1, 0.15) is 49.5 Å². The van der Waals surface area contributed by atoms with Crippen molar-refractivity contribution < 1.29 is 14.3 Å². The van der Waals surface area contributed by atoms with Crippen molar-refractivity contribution in [2.45, 2.75) is 39.2 Å². The number of alkyl carbamates (subject to hydrolysis) is 1. The molecular formula is C19H25N3O3. The molecule has 1 aliphatic heterocycles. The summed E-state index contributed by atoms with van der Waals surface area (Å²) < 4.78 is 5.23. The van der Waals surface area contributed by atoms with Crippen LogP contribution in [-0.4, -0.2) is 42.1 Å². The van der Waals surface area contributed by atoms with Gasteiger partial charge in [-0.2, -0.15) is 5.26 Å². The molecule has 6 nitrogen and oxygen atoms in total. The van der Waals surface area contributed by atoms with Gasteiger partial charge in [-0.15, -0.1) is 0 Å². The number of likely N-dealkylation sites (tertiary alicyclic amines) is 1. The lowest BCUT2D eigenvalue weighted by Gasteiger charge is -2.32. The fourth-order valence-electron chi connectivity index (χ4n) is 2.75. The topological polar surface area (TPSA) is 82.4 Å². The van der Waals surface area contributed by atoms with E-state index in [4.69, 9.17) is 10.00 Å². The summed E-state index contributed by atoms with van der Waals surface area (Å²) >= 11 is 0. The van der Waals surface area contributed by atoms with Gasteiger partial charge in [0.05, 0.1) is 11.6 Å². The molecule has 1 saturated heterocycles. The average molecular weight is 343 g/mol. The highest BCUT2D eigenvalue weighted by Gasteiger charge is 2.24. The number of amides is 2. The minimum atomic E-state index is -0.499. The summed E-state index contributed by atoms with van der Waals surface area (Å²) in [5, 5.41) is 11.6. The molecule has 1 fully saturated rings. The van der Waals surface area contributed by atoms with E-state index in [0.717, 1.165) is 12.8 Å².